The van der Waals surface area contributed by atoms with E-state index >= 15 is 0 Å². The molecule has 0 heterocycles. The molecule has 2 aromatic carbocycles. The van der Waals surface area contributed by atoms with Crippen molar-refractivity contribution in [2.45, 2.75) is 19.9 Å². The molecule has 0 bridgehead atoms. The molecule has 140 valence electrons. The van der Waals surface area contributed by atoms with Crippen molar-refractivity contribution in [3.05, 3.63) is 58.6 Å². The van der Waals surface area contributed by atoms with Crippen molar-refractivity contribution in [3.63, 3.8) is 0 Å². The van der Waals surface area contributed by atoms with E-state index in [1.54, 1.807) is 14.2 Å². The minimum absolute atomic E-state index is 0.596. The monoisotopic (exact) mass is 375 g/mol. The highest BCUT2D eigenvalue weighted by Gasteiger charge is 2.06. The lowest BCUT2D eigenvalue weighted by Gasteiger charge is -2.14. The van der Waals surface area contributed by atoms with Gasteiger partial charge in [-0.05, 0) is 42.7 Å². The predicted octanol–water partition coefficient (Wildman–Crippen LogP) is 3.66. The Balaban J connectivity index is 1.86. The number of guanidine groups is 1. The molecule has 0 saturated carbocycles. The Bertz CT molecular complexity index is 735. The Hall–Kier alpha value is -2.40. The van der Waals surface area contributed by atoms with Crippen molar-refractivity contribution in [2.75, 3.05) is 27.3 Å². The quantitative estimate of drug-likeness (QED) is 0.546. The highest BCUT2D eigenvalue weighted by Crippen LogP contribution is 2.27. The van der Waals surface area contributed by atoms with Crippen LogP contribution in [-0.2, 0) is 13.0 Å². The number of nitrogens with one attached hydrogen (secondary N) is 2. The fourth-order valence-corrected chi connectivity index (χ4v) is 2.75. The van der Waals surface area contributed by atoms with Gasteiger partial charge in [0.1, 0.15) is 0 Å². The van der Waals surface area contributed by atoms with Crippen molar-refractivity contribution in [3.8, 4) is 11.5 Å². The Morgan fingerprint density at radius 2 is 1.92 bits per heavy atom. The molecule has 0 spiro atoms. The summed E-state index contributed by atoms with van der Waals surface area (Å²) in [6.45, 7) is 3.93. The number of nitrogens with zero attached hydrogens (tertiary/aromatic N) is 1. The first-order valence-corrected chi connectivity index (χ1v) is 9.03. The molecule has 0 unspecified atom stereocenters. The molecule has 0 fully saturated rings. The maximum Gasteiger partial charge on any atom is 0.191 e. The van der Waals surface area contributed by atoms with E-state index in [-0.39, 0.29) is 0 Å². The molecule has 26 heavy (non-hydrogen) atoms. The zero-order chi connectivity index (χ0) is 18.8. The fourth-order valence-electron chi connectivity index (χ4n) is 2.52. The minimum Gasteiger partial charge on any atom is -0.493 e. The maximum absolute atomic E-state index is 6.18. The summed E-state index contributed by atoms with van der Waals surface area (Å²) in [5.74, 6) is 2.22. The predicted molar refractivity (Wildman–Crippen MR) is 108 cm³/mol. The number of benzene rings is 2. The molecule has 0 aliphatic rings. The number of hydrogen-bond donors (Lipinski definition) is 2. The summed E-state index contributed by atoms with van der Waals surface area (Å²) < 4.78 is 10.9. The smallest absolute Gasteiger partial charge is 0.191 e. The van der Waals surface area contributed by atoms with Crippen LogP contribution in [0.4, 0.5) is 0 Å². The summed E-state index contributed by atoms with van der Waals surface area (Å²) in [6, 6.07) is 13.8. The van der Waals surface area contributed by atoms with Gasteiger partial charge in [0.2, 0.25) is 0 Å². The fraction of sp³-hybridized carbons (Fsp3) is 0.350. The van der Waals surface area contributed by atoms with E-state index in [0.717, 1.165) is 46.6 Å². The van der Waals surface area contributed by atoms with E-state index in [2.05, 4.69) is 15.6 Å². The molecule has 6 heteroatoms. The van der Waals surface area contributed by atoms with Gasteiger partial charge in [0.05, 0.1) is 13.7 Å². The van der Waals surface area contributed by atoms with Gasteiger partial charge in [-0.3, -0.25) is 4.99 Å². The first-order chi connectivity index (χ1) is 12.7. The maximum atomic E-state index is 6.18. The van der Waals surface area contributed by atoms with Crippen molar-refractivity contribution in [2.24, 2.45) is 4.99 Å². The molecule has 0 radical (unpaired) electrons. The molecule has 0 aliphatic carbocycles. The summed E-state index contributed by atoms with van der Waals surface area (Å²) in [7, 11) is 3.39. The van der Waals surface area contributed by atoms with Crippen LogP contribution < -0.4 is 20.1 Å². The van der Waals surface area contributed by atoms with Crippen LogP contribution in [0.1, 0.15) is 18.1 Å². The van der Waals surface area contributed by atoms with Gasteiger partial charge in [0.15, 0.2) is 17.5 Å². The first-order valence-electron chi connectivity index (χ1n) is 8.65. The topological polar surface area (TPSA) is 54.9 Å². The molecule has 2 rings (SSSR count). The molecular weight excluding hydrogens is 350 g/mol. The van der Waals surface area contributed by atoms with Gasteiger partial charge in [0.25, 0.3) is 0 Å². The average Bonchev–Trinajstić information content (AvgIpc) is 2.66. The second-order valence-corrected chi connectivity index (χ2v) is 6.02. The SMILES string of the molecule is CCOc1cc(CNC(=NC)NCCc2ccccc2Cl)ccc1OC. The van der Waals surface area contributed by atoms with E-state index in [1.807, 2.05) is 49.4 Å². The molecule has 0 aliphatic heterocycles. The molecule has 5 nitrogen and oxygen atoms in total. The number of halogens is 1. The second-order valence-electron chi connectivity index (χ2n) is 5.61. The van der Waals surface area contributed by atoms with E-state index in [4.69, 9.17) is 21.1 Å². The van der Waals surface area contributed by atoms with Gasteiger partial charge in [-0.2, -0.15) is 0 Å². The van der Waals surface area contributed by atoms with Crippen LogP contribution in [0.3, 0.4) is 0 Å². The first kappa shape index (κ1) is 19.9. The third-order valence-electron chi connectivity index (χ3n) is 3.86. The molecule has 0 atom stereocenters. The molecule has 2 aromatic rings. The van der Waals surface area contributed by atoms with Gasteiger partial charge in [-0.15, -0.1) is 0 Å². The number of ether oxygens (including phenoxy) is 2. The summed E-state index contributed by atoms with van der Waals surface area (Å²) >= 11 is 6.18. The van der Waals surface area contributed by atoms with E-state index < -0.39 is 0 Å². The van der Waals surface area contributed by atoms with Crippen LogP contribution >= 0.6 is 11.6 Å². The molecular formula is C20H26ClN3O2. The Labute approximate surface area is 160 Å². The normalized spacial score (nSPS) is 11.2. The van der Waals surface area contributed by atoms with E-state index in [9.17, 15) is 0 Å². The lowest BCUT2D eigenvalue weighted by molar-refractivity contribution is 0.310. The summed E-state index contributed by atoms with van der Waals surface area (Å²) in [6.07, 6.45) is 0.831. The van der Waals surface area contributed by atoms with Crippen molar-refractivity contribution in [1.29, 1.82) is 0 Å². The average molecular weight is 376 g/mol. The Morgan fingerprint density at radius 1 is 1.12 bits per heavy atom. The highest BCUT2D eigenvalue weighted by atomic mass is 35.5. The Morgan fingerprint density at radius 3 is 2.62 bits per heavy atom. The zero-order valence-electron chi connectivity index (χ0n) is 15.5. The lowest BCUT2D eigenvalue weighted by Crippen LogP contribution is -2.37. The minimum atomic E-state index is 0.596. The number of aliphatic imine (C=N–C) groups is 1. The molecule has 0 saturated heterocycles. The van der Waals surface area contributed by atoms with E-state index in [0.29, 0.717) is 13.2 Å². The van der Waals surface area contributed by atoms with Gasteiger partial charge < -0.3 is 20.1 Å². The Kier molecular flexibility index (Phi) is 8.09. The highest BCUT2D eigenvalue weighted by molar-refractivity contribution is 6.31. The summed E-state index contributed by atoms with van der Waals surface area (Å²) in [5, 5.41) is 7.40. The molecule has 2 N–H and O–H groups in total. The van der Waals surface area contributed by atoms with Crippen LogP contribution in [0.5, 0.6) is 11.5 Å². The third-order valence-corrected chi connectivity index (χ3v) is 4.22. The number of rotatable bonds is 8. The van der Waals surface area contributed by atoms with Crippen molar-refractivity contribution in [1.82, 2.24) is 10.6 Å². The summed E-state index contributed by atoms with van der Waals surface area (Å²) in [4.78, 5) is 4.25. The largest absolute Gasteiger partial charge is 0.493 e. The van der Waals surface area contributed by atoms with Crippen LogP contribution in [-0.4, -0.2) is 33.3 Å². The molecule has 0 amide bonds. The van der Waals surface area contributed by atoms with Gasteiger partial charge >= 0.3 is 0 Å². The van der Waals surface area contributed by atoms with Crippen LogP contribution in [0.15, 0.2) is 47.5 Å². The van der Waals surface area contributed by atoms with Gasteiger partial charge in [0, 0.05) is 25.2 Å². The summed E-state index contributed by atoms with van der Waals surface area (Å²) in [5.41, 5.74) is 2.21. The van der Waals surface area contributed by atoms with Gasteiger partial charge in [-0.1, -0.05) is 35.9 Å². The lowest BCUT2D eigenvalue weighted by atomic mass is 10.1. The van der Waals surface area contributed by atoms with Crippen molar-refractivity contribution >= 4 is 17.6 Å². The van der Waals surface area contributed by atoms with Crippen molar-refractivity contribution < 1.29 is 9.47 Å². The van der Waals surface area contributed by atoms with Gasteiger partial charge in [-0.25, -0.2) is 0 Å². The zero-order valence-corrected chi connectivity index (χ0v) is 16.3. The van der Waals surface area contributed by atoms with Crippen LogP contribution in [0.25, 0.3) is 0 Å². The number of methoxy groups -OCH3 is 1. The van der Waals surface area contributed by atoms with Crippen LogP contribution in [0, 0.1) is 0 Å². The standard InChI is InChI=1S/C20H26ClN3O2/c1-4-26-19-13-15(9-10-18(19)25-3)14-24-20(22-2)23-12-11-16-7-5-6-8-17(16)21/h5-10,13H,4,11-12,14H2,1-3H3,(H2,22,23,24). The van der Waals surface area contributed by atoms with E-state index in [1.165, 1.54) is 0 Å². The third kappa shape index (κ3) is 5.85. The molecule has 0 aromatic heterocycles. The van der Waals surface area contributed by atoms with Crippen LogP contribution in [0.2, 0.25) is 5.02 Å². The second kappa shape index (κ2) is 10.6. The number of hydrogen-bond acceptors (Lipinski definition) is 3.